The van der Waals surface area contributed by atoms with Crippen LogP contribution < -0.4 is 16.0 Å². The molecular formula is C22H20N3O3-. The number of nitro benzene ring substituents is 1. The zero-order valence-electron chi connectivity index (χ0n) is 15.2. The average Bonchev–Trinajstić information content (AvgIpc) is 2.73. The predicted molar refractivity (Wildman–Crippen MR) is 107 cm³/mol. The van der Waals surface area contributed by atoms with Crippen molar-refractivity contribution >= 4 is 11.4 Å². The van der Waals surface area contributed by atoms with Crippen LogP contribution in [0.2, 0.25) is 0 Å². The second-order valence-electron chi connectivity index (χ2n) is 6.28. The SMILES string of the molecule is O=[N+]([O-])c1ccc(NNC(Cc2ccccc2)=C([O-])Cc2ccccc2)cc1. The second kappa shape index (κ2) is 9.23. The summed E-state index contributed by atoms with van der Waals surface area (Å²) in [5.41, 5.74) is 9.08. The van der Waals surface area contributed by atoms with Crippen LogP contribution in [-0.4, -0.2) is 4.92 Å². The first kappa shape index (κ1) is 19.0. The zero-order chi connectivity index (χ0) is 19.8. The molecule has 28 heavy (non-hydrogen) atoms. The van der Waals surface area contributed by atoms with Crippen LogP contribution in [0.15, 0.2) is 96.4 Å². The van der Waals surface area contributed by atoms with Gasteiger partial charge in [0.25, 0.3) is 5.69 Å². The number of rotatable bonds is 8. The first-order chi connectivity index (χ1) is 13.6. The van der Waals surface area contributed by atoms with E-state index >= 15 is 0 Å². The maximum atomic E-state index is 12.9. The van der Waals surface area contributed by atoms with E-state index in [9.17, 15) is 15.2 Å². The van der Waals surface area contributed by atoms with Crippen molar-refractivity contribution in [2.24, 2.45) is 0 Å². The molecule has 0 aliphatic heterocycles. The highest BCUT2D eigenvalue weighted by molar-refractivity contribution is 5.48. The summed E-state index contributed by atoms with van der Waals surface area (Å²) < 4.78 is 0. The lowest BCUT2D eigenvalue weighted by Crippen LogP contribution is -2.27. The van der Waals surface area contributed by atoms with E-state index in [0.717, 1.165) is 11.1 Å². The molecule has 0 fully saturated rings. The summed E-state index contributed by atoms with van der Waals surface area (Å²) in [6, 6.07) is 25.3. The largest absolute Gasteiger partial charge is 0.874 e. The summed E-state index contributed by atoms with van der Waals surface area (Å²) in [4.78, 5) is 10.3. The lowest BCUT2D eigenvalue weighted by atomic mass is 10.1. The maximum Gasteiger partial charge on any atom is 0.269 e. The molecule has 0 spiro atoms. The molecule has 3 rings (SSSR count). The molecule has 3 aromatic carbocycles. The third kappa shape index (κ3) is 5.35. The molecule has 0 saturated heterocycles. The maximum absolute atomic E-state index is 12.9. The van der Waals surface area contributed by atoms with Crippen molar-refractivity contribution in [3.8, 4) is 0 Å². The smallest absolute Gasteiger partial charge is 0.269 e. The highest BCUT2D eigenvalue weighted by Gasteiger charge is 2.06. The number of nitro groups is 1. The van der Waals surface area contributed by atoms with Gasteiger partial charge in [-0.05, 0) is 29.7 Å². The summed E-state index contributed by atoms with van der Waals surface area (Å²) in [6.45, 7) is 0. The summed E-state index contributed by atoms with van der Waals surface area (Å²) >= 11 is 0. The van der Waals surface area contributed by atoms with E-state index in [2.05, 4.69) is 10.9 Å². The van der Waals surface area contributed by atoms with E-state index in [1.54, 1.807) is 12.1 Å². The Bertz CT molecular complexity index is 940. The normalized spacial score (nSPS) is 11.4. The predicted octanol–water partition coefficient (Wildman–Crippen LogP) is 3.57. The number of nitrogens with zero attached hydrogens (tertiary/aromatic N) is 1. The quantitative estimate of drug-likeness (QED) is 0.357. The molecule has 0 atom stereocenters. The van der Waals surface area contributed by atoms with Crippen LogP contribution in [0.3, 0.4) is 0 Å². The molecule has 0 heterocycles. The van der Waals surface area contributed by atoms with Gasteiger partial charge in [0.15, 0.2) is 0 Å². The number of nitrogens with one attached hydrogen (secondary N) is 2. The van der Waals surface area contributed by atoms with Gasteiger partial charge < -0.3 is 16.0 Å². The van der Waals surface area contributed by atoms with E-state index in [-0.39, 0.29) is 17.9 Å². The Morgan fingerprint density at radius 3 is 1.86 bits per heavy atom. The van der Waals surface area contributed by atoms with E-state index in [1.165, 1.54) is 12.1 Å². The number of hydrogen-bond acceptors (Lipinski definition) is 5. The van der Waals surface area contributed by atoms with Crippen LogP contribution in [0.25, 0.3) is 0 Å². The second-order valence-corrected chi connectivity index (χ2v) is 6.28. The molecule has 142 valence electrons. The van der Waals surface area contributed by atoms with E-state index in [1.807, 2.05) is 60.7 Å². The molecule has 0 bridgehead atoms. The Labute approximate surface area is 163 Å². The number of benzene rings is 3. The lowest BCUT2D eigenvalue weighted by Gasteiger charge is -2.22. The Hall–Kier alpha value is -3.80. The first-order valence-electron chi connectivity index (χ1n) is 8.85. The van der Waals surface area contributed by atoms with Crippen molar-refractivity contribution in [3.05, 3.63) is 118 Å². The number of hydrazine groups is 1. The van der Waals surface area contributed by atoms with Gasteiger partial charge in [-0.15, -0.1) is 5.76 Å². The van der Waals surface area contributed by atoms with E-state index < -0.39 is 4.92 Å². The lowest BCUT2D eigenvalue weighted by molar-refractivity contribution is -0.384. The average molecular weight is 374 g/mol. The minimum Gasteiger partial charge on any atom is -0.874 e. The van der Waals surface area contributed by atoms with Crippen LogP contribution in [0.5, 0.6) is 0 Å². The highest BCUT2D eigenvalue weighted by Crippen LogP contribution is 2.16. The Morgan fingerprint density at radius 1 is 0.786 bits per heavy atom. The van der Waals surface area contributed by atoms with Crippen molar-refractivity contribution in [2.45, 2.75) is 12.8 Å². The molecule has 6 nitrogen and oxygen atoms in total. The van der Waals surface area contributed by atoms with Gasteiger partial charge >= 0.3 is 0 Å². The summed E-state index contributed by atoms with van der Waals surface area (Å²) in [5, 5.41) is 23.6. The van der Waals surface area contributed by atoms with E-state index in [4.69, 9.17) is 0 Å². The number of anilines is 1. The Morgan fingerprint density at radius 2 is 1.32 bits per heavy atom. The van der Waals surface area contributed by atoms with Gasteiger partial charge in [0, 0.05) is 24.3 Å². The van der Waals surface area contributed by atoms with Crippen LogP contribution in [0, 0.1) is 10.1 Å². The first-order valence-corrected chi connectivity index (χ1v) is 8.85. The van der Waals surface area contributed by atoms with Crippen molar-refractivity contribution in [3.63, 3.8) is 0 Å². The van der Waals surface area contributed by atoms with Crippen LogP contribution in [0.1, 0.15) is 11.1 Å². The molecular weight excluding hydrogens is 354 g/mol. The van der Waals surface area contributed by atoms with Crippen molar-refractivity contribution in [2.75, 3.05) is 5.43 Å². The van der Waals surface area contributed by atoms with Gasteiger partial charge in [-0.3, -0.25) is 10.1 Å². The molecule has 0 aromatic heterocycles. The number of hydrogen-bond donors (Lipinski definition) is 2. The molecule has 0 unspecified atom stereocenters. The standard InChI is InChI=1S/C22H21N3O3/c26-22(16-18-9-5-2-6-10-18)21(15-17-7-3-1-4-8-17)24-23-19-11-13-20(14-12-19)25(27)28/h1-14,23-24,26H,15-16H2/p-1. The topological polar surface area (TPSA) is 90.3 Å². The molecule has 0 saturated carbocycles. The summed E-state index contributed by atoms with van der Waals surface area (Å²) in [6.07, 6.45) is 0.741. The zero-order valence-corrected chi connectivity index (χ0v) is 15.2. The molecule has 0 amide bonds. The third-order valence-electron chi connectivity index (χ3n) is 4.20. The number of non-ortho nitro benzene ring substituents is 1. The van der Waals surface area contributed by atoms with Crippen LogP contribution in [-0.2, 0) is 12.8 Å². The monoisotopic (exact) mass is 374 g/mol. The number of allylic oxidation sites excluding steroid dienone is 2. The minimum absolute atomic E-state index is 0.0131. The molecule has 0 radical (unpaired) electrons. The summed E-state index contributed by atoms with van der Waals surface area (Å²) in [7, 11) is 0. The summed E-state index contributed by atoms with van der Waals surface area (Å²) in [5.74, 6) is -0.0236. The van der Waals surface area contributed by atoms with Crippen molar-refractivity contribution in [1.82, 2.24) is 5.43 Å². The van der Waals surface area contributed by atoms with Gasteiger partial charge in [0.05, 0.1) is 10.6 Å². The molecule has 3 aromatic rings. The van der Waals surface area contributed by atoms with Gasteiger partial charge in [-0.25, -0.2) is 0 Å². The van der Waals surface area contributed by atoms with Crippen molar-refractivity contribution < 1.29 is 10.0 Å². The molecule has 2 N–H and O–H groups in total. The third-order valence-corrected chi connectivity index (χ3v) is 4.20. The van der Waals surface area contributed by atoms with Gasteiger partial charge in [0.1, 0.15) is 0 Å². The fraction of sp³-hybridized carbons (Fsp3) is 0.0909. The molecule has 0 aliphatic carbocycles. The molecule has 6 heteroatoms. The minimum atomic E-state index is -0.451. The Balaban J connectivity index is 1.77. The van der Waals surface area contributed by atoms with Crippen LogP contribution >= 0.6 is 0 Å². The van der Waals surface area contributed by atoms with Crippen molar-refractivity contribution in [1.29, 1.82) is 0 Å². The van der Waals surface area contributed by atoms with E-state index in [0.29, 0.717) is 17.8 Å². The van der Waals surface area contributed by atoms with Gasteiger partial charge in [-0.1, -0.05) is 60.7 Å². The van der Waals surface area contributed by atoms with Gasteiger partial charge in [-0.2, -0.15) is 0 Å². The molecule has 0 aliphatic rings. The fourth-order valence-electron chi connectivity index (χ4n) is 2.71. The Kier molecular flexibility index (Phi) is 6.25. The van der Waals surface area contributed by atoms with Gasteiger partial charge in [0.2, 0.25) is 0 Å². The highest BCUT2D eigenvalue weighted by atomic mass is 16.6. The fourth-order valence-corrected chi connectivity index (χ4v) is 2.71. The van der Waals surface area contributed by atoms with Crippen LogP contribution in [0.4, 0.5) is 11.4 Å².